The predicted octanol–water partition coefficient (Wildman–Crippen LogP) is 3.29. The number of anilines is 1. The van der Waals surface area contributed by atoms with E-state index in [1.54, 1.807) is 12.1 Å². The molecule has 1 aromatic heterocycles. The molecule has 29 heavy (non-hydrogen) atoms. The topological polar surface area (TPSA) is 99.5 Å². The van der Waals surface area contributed by atoms with Gasteiger partial charge < -0.3 is 10.1 Å². The smallest absolute Gasteiger partial charge is 0.256 e. The van der Waals surface area contributed by atoms with E-state index < -0.39 is 15.9 Å². The van der Waals surface area contributed by atoms with Crippen molar-refractivity contribution in [1.29, 1.82) is 5.26 Å². The summed E-state index contributed by atoms with van der Waals surface area (Å²) in [5.74, 6) is -0.455. The molecule has 1 saturated heterocycles. The van der Waals surface area contributed by atoms with Crippen LogP contribution in [0.1, 0.15) is 40.2 Å². The normalized spacial score (nSPS) is 20.2. The van der Waals surface area contributed by atoms with Crippen LogP contribution in [0.2, 0.25) is 0 Å². The molecule has 0 bridgehead atoms. The molecule has 1 aliphatic rings. The van der Waals surface area contributed by atoms with Crippen molar-refractivity contribution in [1.82, 2.24) is 4.31 Å². The predicted molar refractivity (Wildman–Crippen MR) is 112 cm³/mol. The van der Waals surface area contributed by atoms with Gasteiger partial charge in [0.25, 0.3) is 5.91 Å². The number of carbonyl (C=O) groups excluding carboxylic acids is 1. The van der Waals surface area contributed by atoms with Gasteiger partial charge in [0.1, 0.15) is 11.1 Å². The number of nitriles is 1. The Morgan fingerprint density at radius 1 is 1.28 bits per heavy atom. The Hall–Kier alpha value is -2.25. The molecule has 1 aromatic carbocycles. The van der Waals surface area contributed by atoms with Gasteiger partial charge in [-0.05, 0) is 51.5 Å². The highest BCUT2D eigenvalue weighted by molar-refractivity contribution is 7.89. The van der Waals surface area contributed by atoms with Crippen molar-refractivity contribution in [2.24, 2.45) is 0 Å². The van der Waals surface area contributed by atoms with Crippen molar-refractivity contribution in [3.63, 3.8) is 0 Å². The third-order valence-electron chi connectivity index (χ3n) is 4.84. The van der Waals surface area contributed by atoms with Crippen molar-refractivity contribution in [3.8, 4) is 6.07 Å². The van der Waals surface area contributed by atoms with Crippen LogP contribution in [0.15, 0.2) is 29.2 Å². The van der Waals surface area contributed by atoms with Crippen LogP contribution < -0.4 is 5.32 Å². The van der Waals surface area contributed by atoms with Crippen LogP contribution in [0.5, 0.6) is 0 Å². The van der Waals surface area contributed by atoms with Gasteiger partial charge in [-0.1, -0.05) is 6.07 Å². The maximum absolute atomic E-state index is 13.1. The van der Waals surface area contributed by atoms with Gasteiger partial charge >= 0.3 is 0 Å². The average molecular weight is 434 g/mol. The molecule has 1 N–H and O–H groups in total. The van der Waals surface area contributed by atoms with E-state index in [9.17, 15) is 18.5 Å². The number of morpholine rings is 1. The number of carbonyl (C=O) groups is 1. The Morgan fingerprint density at radius 2 is 1.93 bits per heavy atom. The zero-order chi connectivity index (χ0) is 21.3. The van der Waals surface area contributed by atoms with Crippen molar-refractivity contribution < 1.29 is 17.9 Å². The Kier molecular flexibility index (Phi) is 6.10. The quantitative estimate of drug-likeness (QED) is 0.798. The number of ether oxygens (including phenoxy) is 1. The van der Waals surface area contributed by atoms with E-state index in [1.165, 1.54) is 27.8 Å². The van der Waals surface area contributed by atoms with Crippen LogP contribution in [0.25, 0.3) is 0 Å². The summed E-state index contributed by atoms with van der Waals surface area (Å²) >= 11 is 1.33. The molecule has 0 saturated carbocycles. The summed E-state index contributed by atoms with van der Waals surface area (Å²) in [6.07, 6.45) is -0.399. The van der Waals surface area contributed by atoms with Gasteiger partial charge in [0.15, 0.2) is 0 Å². The second-order valence-electron chi connectivity index (χ2n) is 7.16. The molecule has 2 aromatic rings. The SMILES string of the molecule is Cc1sc(NC(=O)c2cccc(S(=O)(=O)N3C[C@@H](C)O[C@@H](C)C3)c2)c(C#N)c1C. The van der Waals surface area contributed by atoms with E-state index in [4.69, 9.17) is 4.74 Å². The maximum atomic E-state index is 13.1. The van der Waals surface area contributed by atoms with Crippen molar-refractivity contribution in [3.05, 3.63) is 45.8 Å². The van der Waals surface area contributed by atoms with E-state index >= 15 is 0 Å². The third-order valence-corrected chi connectivity index (χ3v) is 7.79. The highest BCUT2D eigenvalue weighted by atomic mass is 32.2. The molecule has 0 aliphatic carbocycles. The summed E-state index contributed by atoms with van der Waals surface area (Å²) in [4.78, 5) is 13.7. The highest BCUT2D eigenvalue weighted by Gasteiger charge is 2.32. The van der Waals surface area contributed by atoms with Gasteiger partial charge in [-0.15, -0.1) is 11.3 Å². The Bertz CT molecular complexity index is 1080. The maximum Gasteiger partial charge on any atom is 0.256 e. The summed E-state index contributed by atoms with van der Waals surface area (Å²) in [6, 6.07) is 8.06. The Balaban J connectivity index is 1.87. The lowest BCUT2D eigenvalue weighted by molar-refractivity contribution is -0.0440. The molecule has 9 heteroatoms. The lowest BCUT2D eigenvalue weighted by atomic mass is 10.2. The van der Waals surface area contributed by atoms with Gasteiger partial charge in [0.2, 0.25) is 10.0 Å². The van der Waals surface area contributed by atoms with E-state index in [2.05, 4.69) is 11.4 Å². The number of hydrogen-bond donors (Lipinski definition) is 1. The second-order valence-corrected chi connectivity index (χ2v) is 10.3. The summed E-state index contributed by atoms with van der Waals surface area (Å²) in [6.45, 7) is 7.91. The van der Waals surface area contributed by atoms with E-state index in [0.717, 1.165) is 10.4 Å². The molecule has 1 amide bonds. The lowest BCUT2D eigenvalue weighted by Crippen LogP contribution is -2.48. The number of hydrogen-bond acceptors (Lipinski definition) is 6. The first-order chi connectivity index (χ1) is 13.6. The molecule has 0 spiro atoms. The summed E-state index contributed by atoms with van der Waals surface area (Å²) in [7, 11) is -3.75. The molecule has 154 valence electrons. The molecule has 1 fully saturated rings. The minimum atomic E-state index is -3.75. The number of nitrogens with one attached hydrogen (secondary N) is 1. The van der Waals surface area contributed by atoms with Crippen LogP contribution >= 0.6 is 11.3 Å². The fourth-order valence-electron chi connectivity index (χ4n) is 3.30. The van der Waals surface area contributed by atoms with Gasteiger partial charge in [-0.2, -0.15) is 9.57 Å². The zero-order valence-corrected chi connectivity index (χ0v) is 18.4. The largest absolute Gasteiger partial charge is 0.373 e. The number of benzene rings is 1. The van der Waals surface area contributed by atoms with Gasteiger partial charge in [0, 0.05) is 23.5 Å². The Labute approximate surface area is 175 Å². The number of sulfonamides is 1. The number of aryl methyl sites for hydroxylation is 1. The van der Waals surface area contributed by atoms with Gasteiger partial charge in [-0.3, -0.25) is 4.79 Å². The third kappa shape index (κ3) is 4.36. The van der Waals surface area contributed by atoms with E-state index in [1.807, 2.05) is 27.7 Å². The van der Waals surface area contributed by atoms with Crippen molar-refractivity contribution in [2.75, 3.05) is 18.4 Å². The number of thiophene rings is 1. The molecule has 2 atom stereocenters. The van der Waals surface area contributed by atoms with Gasteiger partial charge in [0.05, 0.1) is 22.7 Å². The van der Waals surface area contributed by atoms with Crippen LogP contribution in [-0.4, -0.2) is 43.9 Å². The first-order valence-corrected chi connectivity index (χ1v) is 11.5. The fourth-order valence-corrected chi connectivity index (χ4v) is 5.94. The van der Waals surface area contributed by atoms with Crippen molar-refractivity contribution in [2.45, 2.75) is 44.8 Å². The minimum Gasteiger partial charge on any atom is -0.373 e. The second kappa shape index (κ2) is 8.24. The minimum absolute atomic E-state index is 0.0606. The first-order valence-electron chi connectivity index (χ1n) is 9.20. The van der Waals surface area contributed by atoms with Crippen LogP contribution in [0, 0.1) is 25.2 Å². The molecular formula is C20H23N3O4S2. The van der Waals surface area contributed by atoms with Gasteiger partial charge in [-0.25, -0.2) is 8.42 Å². The standard InChI is InChI=1S/C20H23N3O4S2/c1-12-10-23(11-13(2)27-12)29(25,26)17-7-5-6-16(8-17)19(24)22-20-18(9-21)14(3)15(4)28-20/h5-8,12-13H,10-11H2,1-4H3,(H,22,24)/t12-,13+. The summed E-state index contributed by atoms with van der Waals surface area (Å²) in [5.41, 5.74) is 1.48. The zero-order valence-electron chi connectivity index (χ0n) is 16.7. The first kappa shape index (κ1) is 21.5. The fraction of sp³-hybridized carbons (Fsp3) is 0.400. The number of rotatable bonds is 4. The Morgan fingerprint density at radius 3 is 2.55 bits per heavy atom. The lowest BCUT2D eigenvalue weighted by Gasteiger charge is -2.34. The number of amides is 1. The summed E-state index contributed by atoms with van der Waals surface area (Å²) < 4.78 is 33.1. The van der Waals surface area contributed by atoms with E-state index in [-0.39, 0.29) is 35.8 Å². The van der Waals surface area contributed by atoms with Crippen LogP contribution in [0.4, 0.5) is 5.00 Å². The molecule has 3 rings (SSSR count). The molecule has 1 aliphatic heterocycles. The molecule has 2 heterocycles. The molecule has 7 nitrogen and oxygen atoms in total. The average Bonchev–Trinajstić information content (AvgIpc) is 2.93. The van der Waals surface area contributed by atoms with E-state index in [0.29, 0.717) is 10.6 Å². The monoisotopic (exact) mass is 433 g/mol. The number of nitrogens with zero attached hydrogens (tertiary/aromatic N) is 2. The summed E-state index contributed by atoms with van der Waals surface area (Å²) in [5, 5.41) is 12.6. The highest BCUT2D eigenvalue weighted by Crippen LogP contribution is 2.32. The van der Waals surface area contributed by atoms with Crippen LogP contribution in [-0.2, 0) is 14.8 Å². The van der Waals surface area contributed by atoms with Crippen LogP contribution in [0.3, 0.4) is 0 Å². The molecule has 0 radical (unpaired) electrons. The molecule has 0 unspecified atom stereocenters. The van der Waals surface area contributed by atoms with Crippen molar-refractivity contribution >= 4 is 32.3 Å². The molecular weight excluding hydrogens is 410 g/mol.